The Morgan fingerprint density at radius 3 is 2.45 bits per heavy atom. The second kappa shape index (κ2) is 10.2. The molecular formula is C26H27ClN2O4. The topological polar surface area (TPSA) is 66.9 Å². The molecule has 7 heteroatoms. The quantitative estimate of drug-likeness (QED) is 0.424. The smallest absolute Gasteiger partial charge is 0.257 e. The predicted octanol–water partition coefficient (Wildman–Crippen LogP) is 5.01. The van der Waals surface area contributed by atoms with Crippen molar-refractivity contribution in [3.8, 4) is 5.75 Å². The van der Waals surface area contributed by atoms with Gasteiger partial charge in [0.25, 0.3) is 11.8 Å². The molecule has 1 unspecified atom stereocenters. The van der Waals surface area contributed by atoms with E-state index in [0.717, 1.165) is 24.2 Å². The van der Waals surface area contributed by atoms with Crippen LogP contribution in [0.4, 0.5) is 5.69 Å². The highest BCUT2D eigenvalue weighted by molar-refractivity contribution is 6.31. The SMILES string of the molecule is COc1ccc(C(=O)N(CCC2=CCCCC2)C2CC(=O)N(c3ccc(Cl)cc3)C2=O)cc1. The molecule has 0 saturated carbocycles. The first-order valence-corrected chi connectivity index (χ1v) is 11.6. The summed E-state index contributed by atoms with van der Waals surface area (Å²) in [6.07, 6.45) is 7.28. The molecule has 1 aliphatic heterocycles. The number of amides is 3. The first kappa shape index (κ1) is 23.1. The summed E-state index contributed by atoms with van der Waals surface area (Å²) in [4.78, 5) is 42.4. The Hall–Kier alpha value is -3.12. The first-order valence-electron chi connectivity index (χ1n) is 11.2. The van der Waals surface area contributed by atoms with E-state index in [1.165, 1.54) is 12.0 Å². The number of nitrogens with zero attached hydrogens (tertiary/aromatic N) is 2. The van der Waals surface area contributed by atoms with E-state index in [0.29, 0.717) is 35.0 Å². The maximum atomic E-state index is 13.5. The monoisotopic (exact) mass is 466 g/mol. The number of ether oxygens (including phenoxy) is 1. The molecule has 3 amide bonds. The summed E-state index contributed by atoms with van der Waals surface area (Å²) in [6.45, 7) is 0.384. The number of imide groups is 1. The van der Waals surface area contributed by atoms with Gasteiger partial charge in [-0.25, -0.2) is 4.90 Å². The number of anilines is 1. The molecule has 1 atom stereocenters. The second-order valence-electron chi connectivity index (χ2n) is 8.35. The number of hydrogen-bond acceptors (Lipinski definition) is 4. The molecule has 1 heterocycles. The number of methoxy groups -OCH3 is 1. The zero-order valence-electron chi connectivity index (χ0n) is 18.6. The summed E-state index contributed by atoms with van der Waals surface area (Å²) >= 11 is 5.96. The van der Waals surface area contributed by atoms with Gasteiger partial charge in [-0.15, -0.1) is 0 Å². The zero-order valence-corrected chi connectivity index (χ0v) is 19.4. The van der Waals surface area contributed by atoms with E-state index < -0.39 is 6.04 Å². The highest BCUT2D eigenvalue weighted by Crippen LogP contribution is 2.29. The van der Waals surface area contributed by atoms with Crippen molar-refractivity contribution in [3.05, 3.63) is 70.8 Å². The molecule has 0 N–H and O–H groups in total. The lowest BCUT2D eigenvalue weighted by molar-refractivity contribution is -0.122. The zero-order chi connectivity index (χ0) is 23.4. The number of rotatable bonds is 7. The highest BCUT2D eigenvalue weighted by Gasteiger charge is 2.44. The van der Waals surface area contributed by atoms with E-state index in [2.05, 4.69) is 6.08 Å². The number of allylic oxidation sites excluding steroid dienone is 1. The van der Waals surface area contributed by atoms with Crippen LogP contribution in [0, 0.1) is 0 Å². The summed E-state index contributed by atoms with van der Waals surface area (Å²) < 4.78 is 5.19. The molecule has 1 saturated heterocycles. The molecule has 0 spiro atoms. The molecule has 33 heavy (non-hydrogen) atoms. The molecule has 4 rings (SSSR count). The molecule has 1 aliphatic carbocycles. The Morgan fingerprint density at radius 1 is 1.09 bits per heavy atom. The molecular weight excluding hydrogens is 440 g/mol. The lowest BCUT2D eigenvalue weighted by Crippen LogP contribution is -2.46. The van der Waals surface area contributed by atoms with Gasteiger partial charge in [-0.2, -0.15) is 0 Å². The normalized spacial score (nSPS) is 18.3. The Bertz CT molecular complexity index is 1060. The Labute approximate surface area is 198 Å². The van der Waals surface area contributed by atoms with E-state index in [1.807, 2.05) is 0 Å². The van der Waals surface area contributed by atoms with Gasteiger partial charge in [0.05, 0.1) is 19.2 Å². The van der Waals surface area contributed by atoms with E-state index >= 15 is 0 Å². The van der Waals surface area contributed by atoms with Crippen molar-refractivity contribution in [1.29, 1.82) is 0 Å². The van der Waals surface area contributed by atoms with Crippen molar-refractivity contribution >= 4 is 35.0 Å². The number of carbonyl (C=O) groups is 3. The van der Waals surface area contributed by atoms with Crippen molar-refractivity contribution in [1.82, 2.24) is 4.90 Å². The van der Waals surface area contributed by atoms with Gasteiger partial charge in [-0.05, 0) is 80.6 Å². The van der Waals surface area contributed by atoms with Crippen molar-refractivity contribution in [2.75, 3.05) is 18.6 Å². The van der Waals surface area contributed by atoms with Crippen molar-refractivity contribution < 1.29 is 19.1 Å². The Balaban J connectivity index is 1.60. The molecule has 0 radical (unpaired) electrons. The Morgan fingerprint density at radius 2 is 1.82 bits per heavy atom. The summed E-state index contributed by atoms with van der Waals surface area (Å²) in [5, 5.41) is 0.520. The van der Waals surface area contributed by atoms with Gasteiger partial charge < -0.3 is 9.64 Å². The number of benzene rings is 2. The number of halogens is 1. The van der Waals surface area contributed by atoms with E-state index in [-0.39, 0.29) is 24.1 Å². The van der Waals surface area contributed by atoms with Crippen LogP contribution >= 0.6 is 11.6 Å². The lowest BCUT2D eigenvalue weighted by Gasteiger charge is -2.28. The average Bonchev–Trinajstić information content (AvgIpc) is 3.14. The van der Waals surface area contributed by atoms with E-state index in [9.17, 15) is 14.4 Å². The lowest BCUT2D eigenvalue weighted by atomic mass is 9.96. The van der Waals surface area contributed by atoms with Crippen LogP contribution in [0.3, 0.4) is 0 Å². The summed E-state index contributed by atoms with van der Waals surface area (Å²) in [7, 11) is 1.56. The van der Waals surface area contributed by atoms with Crippen LogP contribution in [0.1, 0.15) is 48.9 Å². The van der Waals surface area contributed by atoms with Gasteiger partial charge >= 0.3 is 0 Å². The van der Waals surface area contributed by atoms with Crippen LogP contribution in [0.25, 0.3) is 0 Å². The van der Waals surface area contributed by atoms with Crippen LogP contribution in [-0.4, -0.2) is 42.3 Å². The maximum Gasteiger partial charge on any atom is 0.257 e. The van der Waals surface area contributed by atoms with Crippen LogP contribution in [0.5, 0.6) is 5.75 Å². The number of carbonyl (C=O) groups excluding carboxylic acids is 3. The molecule has 0 aromatic heterocycles. The molecule has 0 bridgehead atoms. The number of hydrogen-bond donors (Lipinski definition) is 0. The summed E-state index contributed by atoms with van der Waals surface area (Å²) in [6, 6.07) is 12.5. The maximum absolute atomic E-state index is 13.5. The molecule has 172 valence electrons. The largest absolute Gasteiger partial charge is 0.497 e. The third-order valence-corrected chi connectivity index (χ3v) is 6.49. The van der Waals surface area contributed by atoms with Gasteiger partial charge in [0, 0.05) is 17.1 Å². The third kappa shape index (κ3) is 5.11. The fraction of sp³-hybridized carbons (Fsp3) is 0.346. The molecule has 1 fully saturated rings. The van der Waals surface area contributed by atoms with Crippen LogP contribution in [0.2, 0.25) is 5.02 Å². The third-order valence-electron chi connectivity index (χ3n) is 6.24. The van der Waals surface area contributed by atoms with Gasteiger partial charge in [0.2, 0.25) is 5.91 Å². The molecule has 6 nitrogen and oxygen atoms in total. The van der Waals surface area contributed by atoms with Crippen LogP contribution in [0.15, 0.2) is 60.2 Å². The fourth-order valence-electron chi connectivity index (χ4n) is 4.41. The van der Waals surface area contributed by atoms with Gasteiger partial charge in [-0.1, -0.05) is 23.3 Å². The minimum atomic E-state index is -0.841. The molecule has 2 aliphatic rings. The second-order valence-corrected chi connectivity index (χ2v) is 8.79. The van der Waals surface area contributed by atoms with Crippen molar-refractivity contribution in [2.45, 2.75) is 44.6 Å². The first-order chi connectivity index (χ1) is 16.0. The fourth-order valence-corrected chi connectivity index (χ4v) is 4.54. The van der Waals surface area contributed by atoms with Gasteiger partial charge in [0.1, 0.15) is 11.8 Å². The minimum Gasteiger partial charge on any atom is -0.497 e. The highest BCUT2D eigenvalue weighted by atomic mass is 35.5. The van der Waals surface area contributed by atoms with Crippen molar-refractivity contribution in [3.63, 3.8) is 0 Å². The Kier molecular flexibility index (Phi) is 7.14. The van der Waals surface area contributed by atoms with Crippen molar-refractivity contribution in [2.24, 2.45) is 0 Å². The van der Waals surface area contributed by atoms with E-state index in [4.69, 9.17) is 16.3 Å². The van der Waals surface area contributed by atoms with Gasteiger partial charge in [-0.3, -0.25) is 14.4 Å². The summed E-state index contributed by atoms with van der Waals surface area (Å²) in [5.41, 5.74) is 2.22. The molecule has 2 aromatic carbocycles. The minimum absolute atomic E-state index is 0.0393. The van der Waals surface area contributed by atoms with E-state index in [1.54, 1.807) is 60.5 Å². The van der Waals surface area contributed by atoms with Crippen LogP contribution < -0.4 is 9.64 Å². The average molecular weight is 467 g/mol. The van der Waals surface area contributed by atoms with Crippen LogP contribution in [-0.2, 0) is 9.59 Å². The summed E-state index contributed by atoms with van der Waals surface area (Å²) in [5.74, 6) is -0.330. The predicted molar refractivity (Wildman–Crippen MR) is 128 cm³/mol. The van der Waals surface area contributed by atoms with Gasteiger partial charge in [0.15, 0.2) is 0 Å². The standard InChI is InChI=1S/C26H27ClN2O4/c1-33-22-13-7-19(8-14-22)25(31)28(16-15-18-5-3-2-4-6-18)23-17-24(30)29(26(23)32)21-11-9-20(27)10-12-21/h5,7-14,23H,2-4,6,15-17H2,1H3. The molecule has 2 aromatic rings.